The summed E-state index contributed by atoms with van der Waals surface area (Å²) in [6.45, 7) is 4.30. The van der Waals surface area contributed by atoms with Gasteiger partial charge in [0, 0.05) is 13.1 Å². The quantitative estimate of drug-likeness (QED) is 0.781. The Hall–Kier alpha value is -0.640. The van der Waals surface area contributed by atoms with E-state index in [1.807, 2.05) is 11.9 Å². The molecule has 0 spiro atoms. The van der Waals surface area contributed by atoms with Crippen LogP contribution in [0.3, 0.4) is 0 Å². The van der Waals surface area contributed by atoms with Gasteiger partial charge in [-0.15, -0.1) is 0 Å². The van der Waals surface area contributed by atoms with Gasteiger partial charge < -0.3 is 10.6 Å². The SMILES string of the molecule is CCCC(C(=O)N(C)C1CCCCC1C)C(N)=S. The van der Waals surface area contributed by atoms with Crippen LogP contribution >= 0.6 is 12.2 Å². The lowest BCUT2D eigenvalue weighted by molar-refractivity contribution is -0.135. The highest BCUT2D eigenvalue weighted by Crippen LogP contribution is 2.28. The molecule has 1 aliphatic carbocycles. The van der Waals surface area contributed by atoms with E-state index in [0.29, 0.717) is 16.9 Å². The molecule has 0 saturated heterocycles. The van der Waals surface area contributed by atoms with Gasteiger partial charge in [-0.25, -0.2) is 0 Å². The van der Waals surface area contributed by atoms with Crippen molar-refractivity contribution in [3.63, 3.8) is 0 Å². The Bertz CT molecular complexity index is 306. The summed E-state index contributed by atoms with van der Waals surface area (Å²) in [6.07, 6.45) is 6.53. The first-order valence-electron chi connectivity index (χ1n) is 7.05. The monoisotopic (exact) mass is 270 g/mol. The Labute approximate surface area is 116 Å². The number of nitrogens with zero attached hydrogens (tertiary/aromatic N) is 1. The molecule has 3 unspecified atom stereocenters. The predicted octanol–water partition coefficient (Wildman–Crippen LogP) is 2.73. The van der Waals surface area contributed by atoms with Crippen LogP contribution in [0.1, 0.15) is 52.4 Å². The van der Waals surface area contributed by atoms with Crippen LogP contribution in [0, 0.1) is 11.8 Å². The Kier molecular flexibility index (Phi) is 6.06. The van der Waals surface area contributed by atoms with Gasteiger partial charge in [0.2, 0.25) is 5.91 Å². The molecule has 1 fully saturated rings. The summed E-state index contributed by atoms with van der Waals surface area (Å²) < 4.78 is 0. The normalized spacial score (nSPS) is 25.5. The molecule has 104 valence electrons. The minimum atomic E-state index is -0.274. The summed E-state index contributed by atoms with van der Waals surface area (Å²) in [6, 6.07) is 0.361. The van der Waals surface area contributed by atoms with Crippen molar-refractivity contribution in [2.24, 2.45) is 17.6 Å². The lowest BCUT2D eigenvalue weighted by Crippen LogP contribution is -2.47. The Morgan fingerprint density at radius 1 is 1.44 bits per heavy atom. The zero-order chi connectivity index (χ0) is 13.7. The van der Waals surface area contributed by atoms with Crippen LogP contribution in [0.4, 0.5) is 0 Å². The second-order valence-electron chi connectivity index (χ2n) is 5.52. The third-order valence-electron chi connectivity index (χ3n) is 4.13. The molecule has 0 aromatic carbocycles. The van der Waals surface area contributed by atoms with Crippen LogP contribution in [-0.4, -0.2) is 28.9 Å². The van der Waals surface area contributed by atoms with Crippen LogP contribution in [0.5, 0.6) is 0 Å². The van der Waals surface area contributed by atoms with Crippen LogP contribution < -0.4 is 5.73 Å². The molecule has 0 heterocycles. The minimum Gasteiger partial charge on any atom is -0.393 e. The van der Waals surface area contributed by atoms with E-state index in [4.69, 9.17) is 18.0 Å². The molecule has 4 heteroatoms. The summed E-state index contributed by atoms with van der Waals surface area (Å²) in [5, 5.41) is 0. The molecule has 0 aliphatic heterocycles. The van der Waals surface area contributed by atoms with Crippen molar-refractivity contribution in [1.29, 1.82) is 0 Å². The van der Waals surface area contributed by atoms with Crippen LogP contribution in [0.15, 0.2) is 0 Å². The van der Waals surface area contributed by atoms with Crippen molar-refractivity contribution >= 4 is 23.1 Å². The van der Waals surface area contributed by atoms with Gasteiger partial charge in [-0.3, -0.25) is 4.79 Å². The topological polar surface area (TPSA) is 46.3 Å². The number of hydrogen-bond acceptors (Lipinski definition) is 2. The molecule has 0 bridgehead atoms. The number of carbonyl (C=O) groups is 1. The second-order valence-corrected chi connectivity index (χ2v) is 5.99. The van der Waals surface area contributed by atoms with Gasteiger partial charge in [0.1, 0.15) is 0 Å². The fourth-order valence-corrected chi connectivity index (χ4v) is 3.18. The zero-order valence-electron chi connectivity index (χ0n) is 11.8. The van der Waals surface area contributed by atoms with Crippen molar-refractivity contribution in [1.82, 2.24) is 4.90 Å². The smallest absolute Gasteiger partial charge is 0.232 e. The van der Waals surface area contributed by atoms with E-state index < -0.39 is 0 Å². The highest BCUT2D eigenvalue weighted by molar-refractivity contribution is 7.80. The summed E-state index contributed by atoms with van der Waals surface area (Å²) in [5.74, 6) is 0.425. The van der Waals surface area contributed by atoms with E-state index in [2.05, 4.69) is 13.8 Å². The number of nitrogens with two attached hydrogens (primary N) is 1. The fraction of sp³-hybridized carbons (Fsp3) is 0.857. The van der Waals surface area contributed by atoms with E-state index in [-0.39, 0.29) is 11.8 Å². The van der Waals surface area contributed by atoms with Crippen LogP contribution in [0.2, 0.25) is 0 Å². The maximum absolute atomic E-state index is 12.5. The van der Waals surface area contributed by atoms with Gasteiger partial charge in [0.15, 0.2) is 0 Å². The van der Waals surface area contributed by atoms with Crippen molar-refractivity contribution < 1.29 is 4.79 Å². The zero-order valence-corrected chi connectivity index (χ0v) is 12.6. The van der Waals surface area contributed by atoms with Crippen molar-refractivity contribution in [3.8, 4) is 0 Å². The molecule has 1 saturated carbocycles. The lowest BCUT2D eigenvalue weighted by Gasteiger charge is -2.37. The van der Waals surface area contributed by atoms with Crippen molar-refractivity contribution in [2.75, 3.05) is 7.05 Å². The van der Waals surface area contributed by atoms with Crippen LogP contribution in [0.25, 0.3) is 0 Å². The number of amides is 1. The molecule has 3 nitrogen and oxygen atoms in total. The third-order valence-corrected chi connectivity index (χ3v) is 4.41. The Morgan fingerprint density at radius 2 is 2.06 bits per heavy atom. The molecule has 1 amide bonds. The third kappa shape index (κ3) is 3.67. The first-order chi connectivity index (χ1) is 8.49. The number of carbonyl (C=O) groups excluding carboxylic acids is 1. The fourth-order valence-electron chi connectivity index (χ4n) is 2.96. The Balaban J connectivity index is 2.71. The maximum atomic E-state index is 12.5. The number of rotatable bonds is 5. The summed E-state index contributed by atoms with van der Waals surface area (Å²) in [4.78, 5) is 14.7. The predicted molar refractivity (Wildman–Crippen MR) is 79.4 cm³/mol. The maximum Gasteiger partial charge on any atom is 0.232 e. The van der Waals surface area contributed by atoms with Gasteiger partial charge in [0.25, 0.3) is 0 Å². The molecule has 18 heavy (non-hydrogen) atoms. The van der Waals surface area contributed by atoms with E-state index in [9.17, 15) is 4.79 Å². The average Bonchev–Trinajstić information content (AvgIpc) is 2.34. The van der Waals surface area contributed by atoms with Crippen molar-refractivity contribution in [3.05, 3.63) is 0 Å². The summed E-state index contributed by atoms with van der Waals surface area (Å²) in [5.41, 5.74) is 5.71. The standard InChI is InChI=1S/C14H26N2OS/c1-4-7-11(13(15)18)14(17)16(3)12-9-6-5-8-10(12)2/h10-12H,4-9H2,1-3H3,(H2,15,18). The number of thiocarbonyl (C=S) groups is 1. The van der Waals surface area contributed by atoms with E-state index in [0.717, 1.165) is 19.3 Å². The van der Waals surface area contributed by atoms with Gasteiger partial charge in [0.05, 0.1) is 10.9 Å². The molecule has 0 aromatic heterocycles. The minimum absolute atomic E-state index is 0.114. The van der Waals surface area contributed by atoms with Gasteiger partial charge in [-0.1, -0.05) is 45.3 Å². The highest BCUT2D eigenvalue weighted by atomic mass is 32.1. The van der Waals surface area contributed by atoms with E-state index >= 15 is 0 Å². The molecule has 1 rings (SSSR count). The van der Waals surface area contributed by atoms with E-state index in [1.54, 1.807) is 0 Å². The average molecular weight is 270 g/mol. The summed E-state index contributed by atoms with van der Waals surface area (Å²) >= 11 is 5.04. The molecule has 3 atom stereocenters. The Morgan fingerprint density at radius 3 is 2.56 bits per heavy atom. The first kappa shape index (κ1) is 15.4. The summed E-state index contributed by atoms with van der Waals surface area (Å²) in [7, 11) is 1.91. The molecule has 0 radical (unpaired) electrons. The van der Waals surface area contributed by atoms with Gasteiger partial charge >= 0.3 is 0 Å². The lowest BCUT2D eigenvalue weighted by atomic mass is 9.84. The molecular weight excluding hydrogens is 244 g/mol. The van der Waals surface area contributed by atoms with Gasteiger partial charge in [-0.05, 0) is 25.2 Å². The van der Waals surface area contributed by atoms with Crippen molar-refractivity contribution in [2.45, 2.75) is 58.4 Å². The first-order valence-corrected chi connectivity index (χ1v) is 7.45. The van der Waals surface area contributed by atoms with E-state index in [1.165, 1.54) is 19.3 Å². The molecular formula is C14H26N2OS. The molecule has 2 N–H and O–H groups in total. The highest BCUT2D eigenvalue weighted by Gasteiger charge is 2.32. The largest absolute Gasteiger partial charge is 0.393 e. The molecule has 1 aliphatic rings. The second kappa shape index (κ2) is 7.07. The number of hydrogen-bond donors (Lipinski definition) is 1. The molecule has 0 aromatic rings. The van der Waals surface area contributed by atoms with Crippen LogP contribution in [-0.2, 0) is 4.79 Å². The van der Waals surface area contributed by atoms with Gasteiger partial charge in [-0.2, -0.15) is 0 Å².